The highest BCUT2D eigenvalue weighted by Crippen LogP contribution is 2.35. The Bertz CT molecular complexity index is 1710. The minimum atomic E-state index is -1.51. The average Bonchev–Trinajstić information content (AvgIpc) is 3.70. The van der Waals surface area contributed by atoms with Crippen LogP contribution in [0.5, 0.6) is 0 Å². The van der Waals surface area contributed by atoms with Crippen LogP contribution >= 0.6 is 0 Å². The Kier molecular flexibility index (Phi) is 6.74. The monoisotopic (exact) mass is 567 g/mol. The molecule has 0 bridgehead atoms. The minimum absolute atomic E-state index is 0.0716. The molecule has 2 aliphatic heterocycles. The second-order valence-electron chi connectivity index (χ2n) is 9.22. The highest BCUT2D eigenvalue weighted by molar-refractivity contribution is 5.83. The number of aliphatic hydroxyl groups excluding tert-OH is 5. The summed E-state index contributed by atoms with van der Waals surface area (Å²) in [6.45, 7) is -0.392. The van der Waals surface area contributed by atoms with Gasteiger partial charge >= 0.3 is 0 Å². The number of rotatable bonds is 6. The summed E-state index contributed by atoms with van der Waals surface area (Å²) < 4.78 is 14.3. The summed E-state index contributed by atoms with van der Waals surface area (Å²) in [6, 6.07) is 0. The Labute approximate surface area is 229 Å². The lowest BCUT2D eigenvalue weighted by molar-refractivity contribution is -0.0339. The predicted octanol–water partition coefficient (Wildman–Crippen LogP) is -2.96. The third-order valence-electron chi connectivity index (χ3n) is 6.76. The molecule has 6 heterocycles. The van der Waals surface area contributed by atoms with Crippen molar-refractivity contribution in [2.24, 2.45) is 0 Å². The van der Waals surface area contributed by atoms with Crippen LogP contribution in [0.3, 0.4) is 0 Å². The van der Waals surface area contributed by atoms with Gasteiger partial charge in [0.05, 0.1) is 12.9 Å². The van der Waals surface area contributed by atoms with Crippen molar-refractivity contribution in [1.82, 2.24) is 44.4 Å². The highest BCUT2D eigenvalue weighted by atomic mass is 16.6. The zero-order chi connectivity index (χ0) is 28.8. The molecule has 0 spiro atoms. The van der Waals surface area contributed by atoms with E-state index in [1.165, 1.54) is 28.1 Å². The van der Waals surface area contributed by atoms with Crippen molar-refractivity contribution in [2.45, 2.75) is 36.9 Å². The molecule has 0 aliphatic carbocycles. The van der Waals surface area contributed by atoms with Gasteiger partial charge in [-0.1, -0.05) is 5.92 Å². The summed E-state index contributed by atoms with van der Waals surface area (Å²) in [7, 11) is 0. The lowest BCUT2D eigenvalue weighted by Gasteiger charge is -2.18. The molecule has 6 atom stereocenters. The van der Waals surface area contributed by atoms with Gasteiger partial charge in [-0.25, -0.2) is 29.9 Å². The fourth-order valence-electron chi connectivity index (χ4n) is 4.72. The average molecular weight is 568 g/mol. The largest absolute Gasteiger partial charge is 0.506 e. The molecule has 10 N–H and O–H groups in total. The second-order valence-corrected chi connectivity index (χ2v) is 9.22. The molecule has 0 radical (unpaired) electrons. The van der Waals surface area contributed by atoms with E-state index in [2.05, 4.69) is 47.1 Å². The number of nitrogens with zero attached hydrogens (tertiary/aromatic N) is 8. The van der Waals surface area contributed by atoms with Gasteiger partial charge in [-0.2, -0.15) is 0 Å². The number of aliphatic hydroxyl groups is 5. The van der Waals surface area contributed by atoms with Crippen LogP contribution in [0.25, 0.3) is 22.3 Å². The van der Waals surface area contributed by atoms with E-state index in [1.807, 2.05) is 0 Å². The molecule has 18 heteroatoms. The quantitative estimate of drug-likeness (QED) is 0.0854. The smallest absolute Gasteiger partial charge is 0.212 e. The predicted molar refractivity (Wildman–Crippen MR) is 138 cm³/mol. The fourth-order valence-corrected chi connectivity index (χ4v) is 4.72. The molecule has 0 amide bonds. The number of anilines is 2. The number of hydrogen-bond acceptors (Lipinski definition) is 16. The van der Waals surface area contributed by atoms with Crippen molar-refractivity contribution in [3.63, 3.8) is 0 Å². The topological polar surface area (TPSA) is 271 Å². The Morgan fingerprint density at radius 1 is 0.951 bits per heavy atom. The Hall–Kier alpha value is -4.64. The first-order valence-electron chi connectivity index (χ1n) is 12.3. The molecule has 6 rings (SSSR count). The summed E-state index contributed by atoms with van der Waals surface area (Å²) in [5.74, 6) is 5.37. The molecular weight excluding hydrogens is 542 g/mol. The van der Waals surface area contributed by atoms with Gasteiger partial charge in [0.15, 0.2) is 58.1 Å². The van der Waals surface area contributed by atoms with Crippen molar-refractivity contribution in [3.05, 3.63) is 36.3 Å². The maximum Gasteiger partial charge on any atom is 0.212 e. The molecule has 1 saturated heterocycles. The van der Waals surface area contributed by atoms with Gasteiger partial charge in [0.25, 0.3) is 0 Å². The van der Waals surface area contributed by atoms with Crippen LogP contribution in [0.4, 0.5) is 11.6 Å². The molecule has 1 fully saturated rings. The van der Waals surface area contributed by atoms with Gasteiger partial charge in [0.2, 0.25) is 6.23 Å². The molecular formula is C23H25N11O7. The number of aromatic nitrogens is 8. The lowest BCUT2D eigenvalue weighted by atomic mass is 10.1. The maximum atomic E-state index is 10.6. The summed E-state index contributed by atoms with van der Waals surface area (Å²) in [5.41, 5.74) is 12.9. The minimum Gasteiger partial charge on any atom is -0.506 e. The molecule has 0 aromatic carbocycles. The molecule has 41 heavy (non-hydrogen) atoms. The number of nitrogens with two attached hydrogens (primary N) is 2. The number of nitrogens with one attached hydrogen (secondary N) is 1. The van der Waals surface area contributed by atoms with Gasteiger partial charge in [-0.3, -0.25) is 9.13 Å². The Morgan fingerprint density at radius 3 is 2.41 bits per heavy atom. The van der Waals surface area contributed by atoms with E-state index in [-0.39, 0.29) is 47.5 Å². The molecule has 4 aromatic heterocycles. The number of nitrogen functional groups attached to an aromatic ring is 2. The van der Waals surface area contributed by atoms with Crippen LogP contribution in [0.1, 0.15) is 18.3 Å². The first-order valence-corrected chi connectivity index (χ1v) is 12.3. The first-order chi connectivity index (χ1) is 19.8. The van der Waals surface area contributed by atoms with Gasteiger partial charge < -0.3 is 51.8 Å². The lowest BCUT2D eigenvalue weighted by Crippen LogP contribution is -2.37. The van der Waals surface area contributed by atoms with Crippen molar-refractivity contribution in [2.75, 3.05) is 31.2 Å². The van der Waals surface area contributed by atoms with E-state index < -0.39 is 49.2 Å². The van der Waals surface area contributed by atoms with Crippen LogP contribution in [0, 0.1) is 11.8 Å². The van der Waals surface area contributed by atoms with Gasteiger partial charge in [0.1, 0.15) is 43.1 Å². The van der Waals surface area contributed by atoms with Crippen LogP contribution < -0.4 is 16.8 Å². The van der Waals surface area contributed by atoms with E-state index in [1.54, 1.807) is 0 Å². The van der Waals surface area contributed by atoms with Crippen LogP contribution in [-0.2, 0) is 9.47 Å². The fraction of sp³-hybridized carbons (Fsp3) is 0.391. The van der Waals surface area contributed by atoms with E-state index >= 15 is 0 Å². The maximum absolute atomic E-state index is 10.6. The van der Waals surface area contributed by atoms with E-state index in [9.17, 15) is 25.5 Å². The van der Waals surface area contributed by atoms with Crippen LogP contribution in [0.15, 0.2) is 30.5 Å². The van der Waals surface area contributed by atoms with Crippen LogP contribution in [0.2, 0.25) is 0 Å². The summed E-state index contributed by atoms with van der Waals surface area (Å²) in [4.78, 5) is 24.6. The van der Waals surface area contributed by atoms with E-state index in [0.29, 0.717) is 11.2 Å². The molecule has 4 aromatic rings. The standard InChI is InChI=1S/C23H25N11O7/c24-18-12-20(29-6-27-18)33(8-31-12)22-16(38)14(36)9(40-22)4-26-3-1-2-11-32-13-19(25)28-7-30-21(13)34(11)23-17(39)15(37)10(5-35)41-23/h6-9,14,16-17,22-23,26,35-39H,3-5H2,(H2,24,27,29)(H2,25,28,30)/t9-,14?,16?,17?,22-,23-/m1/s1. The number of fused-ring (bicyclic) bond motifs is 2. The first kappa shape index (κ1) is 26.6. The number of ether oxygens (including phenoxy) is 2. The SMILES string of the molecule is Nc1ncnc2c1ncn2[C@@H]1O[C@H](CNCC#Cc2nc3c(N)ncnc3n2[C@@H]2OC(CO)=C(O)C2O)C(O)C1O. The van der Waals surface area contributed by atoms with Crippen molar-refractivity contribution < 1.29 is 35.0 Å². The van der Waals surface area contributed by atoms with Gasteiger partial charge in [0, 0.05) is 6.54 Å². The highest BCUT2D eigenvalue weighted by Gasteiger charge is 2.44. The van der Waals surface area contributed by atoms with Gasteiger partial charge in [-0.15, -0.1) is 0 Å². The second kappa shape index (κ2) is 10.4. The molecule has 18 nitrogen and oxygen atoms in total. The molecule has 2 aliphatic rings. The van der Waals surface area contributed by atoms with Crippen molar-refractivity contribution in [3.8, 4) is 11.8 Å². The Balaban J connectivity index is 1.16. The van der Waals surface area contributed by atoms with E-state index in [4.69, 9.17) is 20.9 Å². The third-order valence-corrected chi connectivity index (χ3v) is 6.76. The summed E-state index contributed by atoms with van der Waals surface area (Å²) in [6.07, 6.45) is -3.07. The number of imidazole rings is 2. The van der Waals surface area contributed by atoms with Crippen molar-refractivity contribution >= 4 is 34.0 Å². The zero-order valence-electron chi connectivity index (χ0n) is 21.1. The van der Waals surface area contributed by atoms with Crippen LogP contribution in [-0.4, -0.2) is 109 Å². The molecule has 3 unspecified atom stereocenters. The molecule has 214 valence electrons. The van der Waals surface area contributed by atoms with Crippen molar-refractivity contribution in [1.29, 1.82) is 0 Å². The summed E-state index contributed by atoms with van der Waals surface area (Å²) >= 11 is 0. The third kappa shape index (κ3) is 4.42. The van der Waals surface area contributed by atoms with Gasteiger partial charge in [-0.05, 0) is 5.92 Å². The molecule has 0 saturated carbocycles. The Morgan fingerprint density at radius 2 is 1.68 bits per heavy atom. The summed E-state index contributed by atoms with van der Waals surface area (Å²) in [5, 5.41) is 54.3. The zero-order valence-corrected chi connectivity index (χ0v) is 21.1. The van der Waals surface area contributed by atoms with E-state index in [0.717, 1.165) is 0 Å². The number of hydrogen-bond donors (Lipinski definition) is 8. The normalized spacial score (nSPS) is 26.0.